The molecule has 1 aliphatic rings. The normalized spacial score (nSPS) is 18.4. The molecule has 2 aromatic carbocycles. The molecule has 0 radical (unpaired) electrons. The average Bonchev–Trinajstić information content (AvgIpc) is 2.69. The van der Waals surface area contributed by atoms with Gasteiger partial charge in [-0.25, -0.2) is 8.42 Å². The molecule has 0 heterocycles. The zero-order valence-electron chi connectivity index (χ0n) is 15.8. The Bertz CT molecular complexity index is 1040. The van der Waals surface area contributed by atoms with E-state index in [1.54, 1.807) is 12.1 Å². The minimum atomic E-state index is -4.00. The molecular weight excluding hydrogens is 416 g/mol. The van der Waals surface area contributed by atoms with Crippen LogP contribution in [0.15, 0.2) is 52.5 Å². The number of nitrogens with zero attached hydrogens (tertiary/aromatic N) is 2. The molecule has 154 valence electrons. The summed E-state index contributed by atoms with van der Waals surface area (Å²) in [4.78, 5) is 10.6. The highest BCUT2D eigenvalue weighted by molar-refractivity contribution is 7.92. The van der Waals surface area contributed by atoms with Gasteiger partial charge in [0.05, 0.1) is 9.82 Å². The van der Waals surface area contributed by atoms with Gasteiger partial charge in [0.2, 0.25) is 0 Å². The van der Waals surface area contributed by atoms with Crippen LogP contribution in [0, 0.1) is 16.0 Å². The third-order valence-electron chi connectivity index (χ3n) is 4.78. The van der Waals surface area contributed by atoms with Crippen LogP contribution < -0.4 is 10.1 Å². The molecule has 1 fully saturated rings. The molecule has 29 heavy (non-hydrogen) atoms. The molecule has 1 saturated carbocycles. The summed E-state index contributed by atoms with van der Waals surface area (Å²) in [6, 6.07) is 9.77. The minimum absolute atomic E-state index is 0.144. The molecule has 0 spiro atoms. The topological polar surface area (TPSA) is 114 Å². The Morgan fingerprint density at radius 3 is 2.55 bits per heavy atom. The molecule has 3 rings (SSSR count). The van der Waals surface area contributed by atoms with Crippen LogP contribution >= 0.6 is 11.6 Å². The molecule has 10 heteroatoms. The third-order valence-corrected chi connectivity index (χ3v) is 6.41. The van der Waals surface area contributed by atoms with Gasteiger partial charge in [-0.1, -0.05) is 24.9 Å². The number of anilines is 2. The van der Waals surface area contributed by atoms with Crippen molar-refractivity contribution in [1.29, 1.82) is 0 Å². The second kappa shape index (κ2) is 8.79. The number of halogens is 1. The molecule has 0 aromatic heterocycles. The fourth-order valence-corrected chi connectivity index (χ4v) is 4.33. The molecule has 0 aliphatic heterocycles. The van der Waals surface area contributed by atoms with Gasteiger partial charge >= 0.3 is 0 Å². The van der Waals surface area contributed by atoms with Gasteiger partial charge < -0.3 is 0 Å². The van der Waals surface area contributed by atoms with E-state index in [4.69, 9.17) is 11.6 Å². The number of hydrazone groups is 1. The fourth-order valence-electron chi connectivity index (χ4n) is 3.12. The number of nitro benzene ring substituents is 1. The standard InChI is InChI=1S/C19H21ClN4O4S/c1-13-4-2-3-5-17(13)21-22-18-11-10-16(12-19(18)24(25)26)29(27,28)23-15-8-6-14(20)7-9-15/h6-13,22-23H,2-5H2,1H3/b21-17-/t13-/m0/s1. The monoisotopic (exact) mass is 436 g/mol. The fraction of sp³-hybridized carbons (Fsp3) is 0.316. The van der Waals surface area contributed by atoms with Crippen LogP contribution in [0.2, 0.25) is 5.02 Å². The maximum absolute atomic E-state index is 12.6. The van der Waals surface area contributed by atoms with Crippen LogP contribution in [-0.2, 0) is 10.0 Å². The van der Waals surface area contributed by atoms with E-state index in [0.29, 0.717) is 16.6 Å². The lowest BCUT2D eigenvalue weighted by Crippen LogP contribution is -2.17. The summed E-state index contributed by atoms with van der Waals surface area (Å²) in [5.41, 5.74) is 3.79. The first-order chi connectivity index (χ1) is 13.8. The first-order valence-corrected chi connectivity index (χ1v) is 11.0. The Labute approximate surface area is 174 Å². The van der Waals surface area contributed by atoms with Crippen LogP contribution in [0.3, 0.4) is 0 Å². The van der Waals surface area contributed by atoms with Crippen molar-refractivity contribution in [2.45, 2.75) is 37.5 Å². The average molecular weight is 437 g/mol. The van der Waals surface area contributed by atoms with Crippen molar-refractivity contribution in [2.75, 3.05) is 10.1 Å². The van der Waals surface area contributed by atoms with Crippen LogP contribution in [0.5, 0.6) is 0 Å². The largest absolute Gasteiger partial charge is 0.295 e. The quantitative estimate of drug-likeness (QED) is 0.487. The van der Waals surface area contributed by atoms with Gasteiger partial charge in [0.1, 0.15) is 5.69 Å². The molecule has 8 nitrogen and oxygen atoms in total. The molecule has 2 aromatic rings. The summed E-state index contributed by atoms with van der Waals surface area (Å²) < 4.78 is 27.6. The SMILES string of the molecule is C[C@H]1CCCC/C1=N/Nc1ccc(S(=O)(=O)Nc2ccc(Cl)cc2)cc1[N+](=O)[O-]. The number of nitro groups is 1. The highest BCUT2D eigenvalue weighted by atomic mass is 35.5. The summed E-state index contributed by atoms with van der Waals surface area (Å²) in [7, 11) is -4.00. The van der Waals surface area contributed by atoms with E-state index in [1.165, 1.54) is 24.3 Å². The van der Waals surface area contributed by atoms with Crippen molar-refractivity contribution in [2.24, 2.45) is 11.0 Å². The van der Waals surface area contributed by atoms with Gasteiger partial charge in [0.15, 0.2) is 0 Å². The summed E-state index contributed by atoms with van der Waals surface area (Å²) in [5, 5.41) is 16.3. The smallest absolute Gasteiger partial charge is 0.280 e. The zero-order chi connectivity index (χ0) is 21.0. The van der Waals surface area contributed by atoms with Crippen molar-refractivity contribution in [3.63, 3.8) is 0 Å². The van der Waals surface area contributed by atoms with Crippen molar-refractivity contribution >= 4 is 44.4 Å². The number of sulfonamides is 1. The Kier molecular flexibility index (Phi) is 6.39. The second-order valence-electron chi connectivity index (χ2n) is 6.91. The van der Waals surface area contributed by atoms with E-state index in [-0.39, 0.29) is 16.3 Å². The molecule has 0 saturated heterocycles. The molecular formula is C19H21ClN4O4S. The van der Waals surface area contributed by atoms with Gasteiger partial charge in [-0.2, -0.15) is 5.10 Å². The highest BCUT2D eigenvalue weighted by Gasteiger charge is 2.22. The molecule has 0 amide bonds. The van der Waals surface area contributed by atoms with E-state index in [2.05, 4.69) is 22.2 Å². The summed E-state index contributed by atoms with van der Waals surface area (Å²) in [6.07, 6.45) is 4.07. The summed E-state index contributed by atoms with van der Waals surface area (Å²) in [5.74, 6) is 0.318. The second-order valence-corrected chi connectivity index (χ2v) is 9.03. The predicted octanol–water partition coefficient (Wildman–Crippen LogP) is 5.03. The Balaban J connectivity index is 1.86. The van der Waals surface area contributed by atoms with Gasteiger partial charge in [-0.15, -0.1) is 0 Å². The van der Waals surface area contributed by atoms with Crippen LogP contribution in [0.4, 0.5) is 17.1 Å². The lowest BCUT2D eigenvalue weighted by atomic mass is 9.89. The van der Waals surface area contributed by atoms with E-state index < -0.39 is 14.9 Å². The van der Waals surface area contributed by atoms with Crippen LogP contribution in [0.1, 0.15) is 32.6 Å². The third kappa shape index (κ3) is 5.24. The summed E-state index contributed by atoms with van der Waals surface area (Å²) >= 11 is 5.80. The number of rotatable bonds is 6. The molecule has 0 unspecified atom stereocenters. The van der Waals surface area contributed by atoms with Crippen molar-refractivity contribution in [3.8, 4) is 0 Å². The van der Waals surface area contributed by atoms with Gasteiger partial charge in [0.25, 0.3) is 15.7 Å². The van der Waals surface area contributed by atoms with Gasteiger partial charge in [0, 0.05) is 22.5 Å². The van der Waals surface area contributed by atoms with Crippen molar-refractivity contribution < 1.29 is 13.3 Å². The van der Waals surface area contributed by atoms with E-state index in [9.17, 15) is 18.5 Å². The number of nitrogens with one attached hydrogen (secondary N) is 2. The number of hydrogen-bond donors (Lipinski definition) is 2. The van der Waals surface area contributed by atoms with E-state index in [1.807, 2.05) is 0 Å². The van der Waals surface area contributed by atoms with Crippen LogP contribution in [0.25, 0.3) is 0 Å². The van der Waals surface area contributed by atoms with Gasteiger partial charge in [-0.3, -0.25) is 20.3 Å². The first-order valence-electron chi connectivity index (χ1n) is 9.15. The minimum Gasteiger partial charge on any atom is -0.280 e. The number of benzene rings is 2. The predicted molar refractivity (Wildman–Crippen MR) is 114 cm³/mol. The van der Waals surface area contributed by atoms with Crippen molar-refractivity contribution in [1.82, 2.24) is 0 Å². The zero-order valence-corrected chi connectivity index (χ0v) is 17.3. The molecule has 0 bridgehead atoms. The lowest BCUT2D eigenvalue weighted by molar-refractivity contribution is -0.384. The van der Waals surface area contributed by atoms with Crippen LogP contribution in [-0.4, -0.2) is 19.1 Å². The Hall–Kier alpha value is -2.65. The molecule has 1 aliphatic carbocycles. The number of hydrogen-bond acceptors (Lipinski definition) is 6. The Morgan fingerprint density at radius 2 is 1.90 bits per heavy atom. The van der Waals surface area contributed by atoms with E-state index in [0.717, 1.165) is 37.5 Å². The maximum Gasteiger partial charge on any atom is 0.295 e. The van der Waals surface area contributed by atoms with Crippen molar-refractivity contribution in [3.05, 3.63) is 57.6 Å². The maximum atomic E-state index is 12.6. The Morgan fingerprint density at radius 1 is 1.17 bits per heavy atom. The lowest BCUT2D eigenvalue weighted by Gasteiger charge is -2.20. The molecule has 1 atom stereocenters. The molecule has 2 N–H and O–H groups in total. The summed E-state index contributed by atoms with van der Waals surface area (Å²) in [6.45, 7) is 2.08. The van der Waals surface area contributed by atoms with Gasteiger partial charge in [-0.05, 0) is 61.6 Å². The first kappa shape index (κ1) is 21.1. The van der Waals surface area contributed by atoms with E-state index >= 15 is 0 Å². The highest BCUT2D eigenvalue weighted by Crippen LogP contribution is 2.29.